The van der Waals surface area contributed by atoms with Gasteiger partial charge < -0.3 is 5.32 Å². The van der Waals surface area contributed by atoms with Crippen molar-refractivity contribution in [3.8, 4) is 0 Å². The zero-order chi connectivity index (χ0) is 11.4. The van der Waals surface area contributed by atoms with Gasteiger partial charge in [0, 0.05) is 18.3 Å². The quantitative estimate of drug-likeness (QED) is 0.826. The maximum Gasteiger partial charge on any atom is 0.220 e. The summed E-state index contributed by atoms with van der Waals surface area (Å²) >= 11 is 3.41. The first kappa shape index (κ1) is 11.6. The number of halogens is 1. The predicted molar refractivity (Wildman–Crippen MR) is 68.3 cm³/mol. The number of amides is 1. The Labute approximate surface area is 105 Å². The Kier molecular flexibility index (Phi) is 3.99. The van der Waals surface area contributed by atoms with Gasteiger partial charge in [-0.25, -0.2) is 0 Å². The molecule has 2 rings (SSSR count). The smallest absolute Gasteiger partial charge is 0.220 e. The molecular weight excluding hydrogens is 266 g/mol. The van der Waals surface area contributed by atoms with Crippen molar-refractivity contribution in [3.63, 3.8) is 0 Å². The number of rotatable bonds is 5. The molecule has 0 saturated heterocycles. The summed E-state index contributed by atoms with van der Waals surface area (Å²) in [5.74, 6) is 0.850. The van der Waals surface area contributed by atoms with Crippen molar-refractivity contribution in [1.29, 1.82) is 0 Å². The van der Waals surface area contributed by atoms with Crippen LogP contribution in [-0.4, -0.2) is 5.91 Å². The van der Waals surface area contributed by atoms with Crippen LogP contribution in [0.5, 0.6) is 0 Å². The molecule has 1 aliphatic carbocycles. The highest BCUT2D eigenvalue weighted by molar-refractivity contribution is 9.08. The van der Waals surface area contributed by atoms with Crippen molar-refractivity contribution in [2.24, 2.45) is 5.92 Å². The van der Waals surface area contributed by atoms with Gasteiger partial charge in [-0.1, -0.05) is 40.2 Å². The van der Waals surface area contributed by atoms with E-state index in [4.69, 9.17) is 0 Å². The van der Waals surface area contributed by atoms with Crippen LogP contribution in [0.1, 0.15) is 30.4 Å². The number of carbonyl (C=O) groups is 1. The first-order chi connectivity index (χ1) is 7.78. The summed E-state index contributed by atoms with van der Waals surface area (Å²) < 4.78 is 0. The van der Waals surface area contributed by atoms with E-state index in [-0.39, 0.29) is 5.91 Å². The highest BCUT2D eigenvalue weighted by atomic mass is 79.9. The lowest BCUT2D eigenvalue weighted by atomic mass is 10.1. The second-order valence-electron chi connectivity index (χ2n) is 4.37. The van der Waals surface area contributed by atoms with Gasteiger partial charge in [-0.2, -0.15) is 0 Å². The zero-order valence-corrected chi connectivity index (χ0v) is 10.8. The average molecular weight is 282 g/mol. The maximum absolute atomic E-state index is 11.5. The lowest BCUT2D eigenvalue weighted by Crippen LogP contribution is -2.22. The number of hydrogen-bond acceptors (Lipinski definition) is 1. The van der Waals surface area contributed by atoms with Crippen molar-refractivity contribution in [1.82, 2.24) is 5.32 Å². The molecule has 3 heteroatoms. The molecule has 1 saturated carbocycles. The van der Waals surface area contributed by atoms with Crippen molar-refractivity contribution in [2.75, 3.05) is 0 Å². The van der Waals surface area contributed by atoms with Gasteiger partial charge in [0.1, 0.15) is 0 Å². The van der Waals surface area contributed by atoms with Crippen LogP contribution in [0, 0.1) is 5.92 Å². The molecule has 0 aromatic heterocycles. The van der Waals surface area contributed by atoms with E-state index in [9.17, 15) is 4.79 Å². The molecule has 1 fully saturated rings. The third kappa shape index (κ3) is 3.63. The molecule has 16 heavy (non-hydrogen) atoms. The number of carbonyl (C=O) groups excluding carboxylic acids is 1. The van der Waals surface area contributed by atoms with Crippen molar-refractivity contribution in [2.45, 2.75) is 31.1 Å². The van der Waals surface area contributed by atoms with Gasteiger partial charge in [-0.15, -0.1) is 0 Å². The first-order valence-electron chi connectivity index (χ1n) is 5.68. The van der Waals surface area contributed by atoms with Crippen molar-refractivity contribution < 1.29 is 4.79 Å². The van der Waals surface area contributed by atoms with Crippen LogP contribution in [0.25, 0.3) is 0 Å². The Morgan fingerprint density at radius 2 is 1.88 bits per heavy atom. The van der Waals surface area contributed by atoms with Gasteiger partial charge in [0.2, 0.25) is 5.91 Å². The molecular formula is C13H16BrNO. The van der Waals surface area contributed by atoms with Gasteiger partial charge in [-0.05, 0) is 29.9 Å². The third-order valence-corrected chi connectivity index (χ3v) is 3.49. The average Bonchev–Trinajstić information content (AvgIpc) is 3.11. The minimum absolute atomic E-state index is 0.187. The van der Waals surface area contributed by atoms with Crippen LogP contribution < -0.4 is 5.32 Å². The molecule has 0 bridgehead atoms. The van der Waals surface area contributed by atoms with Gasteiger partial charge in [0.05, 0.1) is 0 Å². The highest BCUT2D eigenvalue weighted by Gasteiger charge is 2.23. The molecule has 1 aliphatic rings. The van der Waals surface area contributed by atoms with Crippen molar-refractivity contribution in [3.05, 3.63) is 35.4 Å². The lowest BCUT2D eigenvalue weighted by Gasteiger charge is -2.05. The topological polar surface area (TPSA) is 29.1 Å². The molecule has 0 unspecified atom stereocenters. The molecule has 0 radical (unpaired) electrons. The summed E-state index contributed by atoms with van der Waals surface area (Å²) in [5.41, 5.74) is 2.42. The molecule has 0 heterocycles. The Morgan fingerprint density at radius 3 is 2.44 bits per heavy atom. The number of alkyl halides is 1. The molecule has 0 atom stereocenters. The molecule has 0 spiro atoms. The Balaban J connectivity index is 1.76. The number of nitrogens with one attached hydrogen (secondary N) is 1. The Bertz CT molecular complexity index is 357. The van der Waals surface area contributed by atoms with E-state index in [0.29, 0.717) is 18.9 Å². The summed E-state index contributed by atoms with van der Waals surface area (Å²) in [6.45, 7) is 0.647. The first-order valence-corrected chi connectivity index (χ1v) is 6.80. The zero-order valence-electron chi connectivity index (χ0n) is 9.21. The van der Waals surface area contributed by atoms with Crippen LogP contribution in [0.3, 0.4) is 0 Å². The fraction of sp³-hybridized carbons (Fsp3) is 0.462. The second-order valence-corrected chi connectivity index (χ2v) is 4.94. The number of hydrogen-bond donors (Lipinski definition) is 1. The largest absolute Gasteiger partial charge is 0.352 e. The third-order valence-electron chi connectivity index (χ3n) is 2.84. The lowest BCUT2D eigenvalue weighted by molar-refractivity contribution is -0.121. The summed E-state index contributed by atoms with van der Waals surface area (Å²) in [6, 6.07) is 8.29. The SMILES string of the molecule is O=C(CC1CC1)NCc1ccc(CBr)cc1. The van der Waals surface area contributed by atoms with Gasteiger partial charge in [0.25, 0.3) is 0 Å². The fourth-order valence-electron chi connectivity index (χ4n) is 1.60. The normalized spacial score (nSPS) is 14.8. The van der Waals surface area contributed by atoms with Gasteiger partial charge in [0.15, 0.2) is 0 Å². The minimum Gasteiger partial charge on any atom is -0.352 e. The second kappa shape index (κ2) is 5.48. The molecule has 1 amide bonds. The van der Waals surface area contributed by atoms with Crippen LogP contribution >= 0.6 is 15.9 Å². The van der Waals surface area contributed by atoms with Crippen molar-refractivity contribution >= 4 is 21.8 Å². The Morgan fingerprint density at radius 1 is 1.25 bits per heavy atom. The summed E-state index contributed by atoms with van der Waals surface area (Å²) in [5, 5.41) is 3.83. The number of benzene rings is 1. The summed E-state index contributed by atoms with van der Waals surface area (Å²) in [6.07, 6.45) is 3.17. The summed E-state index contributed by atoms with van der Waals surface area (Å²) in [7, 11) is 0. The minimum atomic E-state index is 0.187. The van der Waals surface area contributed by atoms with Crippen LogP contribution in [-0.2, 0) is 16.7 Å². The van der Waals surface area contributed by atoms with Crippen LogP contribution in [0.4, 0.5) is 0 Å². The van der Waals surface area contributed by atoms with Gasteiger partial charge >= 0.3 is 0 Å². The maximum atomic E-state index is 11.5. The monoisotopic (exact) mass is 281 g/mol. The molecule has 1 N–H and O–H groups in total. The molecule has 86 valence electrons. The fourth-order valence-corrected chi connectivity index (χ4v) is 1.98. The van der Waals surface area contributed by atoms with E-state index in [1.807, 2.05) is 0 Å². The van der Waals surface area contributed by atoms with Crippen LogP contribution in [0.15, 0.2) is 24.3 Å². The van der Waals surface area contributed by atoms with Crippen LogP contribution in [0.2, 0.25) is 0 Å². The predicted octanol–water partition coefficient (Wildman–Crippen LogP) is 3.00. The van der Waals surface area contributed by atoms with E-state index >= 15 is 0 Å². The van der Waals surface area contributed by atoms with E-state index < -0.39 is 0 Å². The standard InChI is InChI=1S/C13H16BrNO/c14-8-11-3-5-12(6-4-11)9-15-13(16)7-10-1-2-10/h3-6,10H,1-2,7-9H2,(H,15,16). The van der Waals surface area contributed by atoms with E-state index in [2.05, 4.69) is 45.5 Å². The molecule has 1 aromatic rings. The molecule has 1 aromatic carbocycles. The molecule has 0 aliphatic heterocycles. The summed E-state index contributed by atoms with van der Waals surface area (Å²) in [4.78, 5) is 11.5. The van der Waals surface area contributed by atoms with E-state index in [1.54, 1.807) is 0 Å². The van der Waals surface area contributed by atoms with Gasteiger partial charge in [-0.3, -0.25) is 4.79 Å². The Hall–Kier alpha value is -0.830. The highest BCUT2D eigenvalue weighted by Crippen LogP contribution is 2.32. The van der Waals surface area contributed by atoms with E-state index in [1.165, 1.54) is 18.4 Å². The molecule has 2 nitrogen and oxygen atoms in total. The van der Waals surface area contributed by atoms with E-state index in [0.717, 1.165) is 10.9 Å².